The molecule has 0 aromatic heterocycles. The van der Waals surface area contributed by atoms with E-state index in [2.05, 4.69) is 130 Å². The van der Waals surface area contributed by atoms with Crippen LogP contribution in [0.3, 0.4) is 0 Å². The van der Waals surface area contributed by atoms with Crippen molar-refractivity contribution in [3.8, 4) is 0 Å². The van der Waals surface area contributed by atoms with Crippen LogP contribution < -0.4 is 0 Å². The van der Waals surface area contributed by atoms with Gasteiger partial charge in [-0.15, -0.1) is 0 Å². The molecule has 0 unspecified atom stereocenters. The van der Waals surface area contributed by atoms with Crippen molar-refractivity contribution in [1.82, 2.24) is 0 Å². The van der Waals surface area contributed by atoms with Crippen molar-refractivity contribution in [2.45, 2.75) is 219 Å². The van der Waals surface area contributed by atoms with Crippen LogP contribution in [0, 0.1) is 0 Å². The van der Waals surface area contributed by atoms with Crippen molar-refractivity contribution in [2.75, 3.05) is 13.2 Å². The SMILES string of the molecule is CC/C=C\C/C=C\C/C=C\C/C=C\CCCCC(=O)OC[C@@H](COC(=O)CCCCCCC/C=C\C/C=C\CCCCC)OC(=O)CCCCCCC/C=C\C/C=C\C/C=C\CC. The van der Waals surface area contributed by atoms with Crippen LogP contribution in [0.1, 0.15) is 213 Å². The van der Waals surface area contributed by atoms with Crippen molar-refractivity contribution in [3.05, 3.63) is 109 Å². The fraction of sp³-hybridized carbons (Fsp3) is 0.632. The van der Waals surface area contributed by atoms with E-state index >= 15 is 0 Å². The lowest BCUT2D eigenvalue weighted by Crippen LogP contribution is -2.30. The van der Waals surface area contributed by atoms with Crippen LogP contribution in [-0.4, -0.2) is 37.2 Å². The Hall–Kier alpha value is -3.93. The number of hydrogen-bond acceptors (Lipinski definition) is 6. The maximum absolute atomic E-state index is 12.8. The summed E-state index contributed by atoms with van der Waals surface area (Å²) in [6, 6.07) is 0. The molecule has 0 aromatic carbocycles. The molecule has 0 spiro atoms. The molecule has 356 valence electrons. The molecule has 0 amide bonds. The van der Waals surface area contributed by atoms with Crippen molar-refractivity contribution in [3.63, 3.8) is 0 Å². The molecule has 63 heavy (non-hydrogen) atoms. The van der Waals surface area contributed by atoms with Gasteiger partial charge in [0.15, 0.2) is 6.10 Å². The summed E-state index contributed by atoms with van der Waals surface area (Å²) in [4.78, 5) is 38.0. The Kier molecular flexibility index (Phi) is 47.5. The second-order valence-corrected chi connectivity index (χ2v) is 16.3. The second-order valence-electron chi connectivity index (χ2n) is 16.3. The van der Waals surface area contributed by atoms with Gasteiger partial charge in [0.1, 0.15) is 13.2 Å². The zero-order valence-corrected chi connectivity index (χ0v) is 40.5. The van der Waals surface area contributed by atoms with Crippen LogP contribution >= 0.6 is 0 Å². The lowest BCUT2D eigenvalue weighted by molar-refractivity contribution is -0.167. The Morgan fingerprint density at radius 3 is 1.00 bits per heavy atom. The summed E-state index contributed by atoms with van der Waals surface area (Å²) in [6.45, 7) is 6.30. The molecular weight excluding hydrogens is 781 g/mol. The number of carbonyl (C=O) groups excluding carboxylic acids is 3. The van der Waals surface area contributed by atoms with Gasteiger partial charge in [0.25, 0.3) is 0 Å². The second kappa shape index (κ2) is 50.7. The molecule has 0 heterocycles. The summed E-state index contributed by atoms with van der Waals surface area (Å²) in [5.74, 6) is -0.987. The molecule has 6 heteroatoms. The predicted molar refractivity (Wildman–Crippen MR) is 270 cm³/mol. The number of rotatable bonds is 44. The van der Waals surface area contributed by atoms with E-state index in [1.165, 1.54) is 25.7 Å². The first-order valence-corrected chi connectivity index (χ1v) is 25.4. The molecule has 0 aliphatic rings. The molecule has 0 aromatic rings. The topological polar surface area (TPSA) is 78.9 Å². The summed E-state index contributed by atoms with van der Waals surface area (Å²) in [5.41, 5.74) is 0. The molecule has 0 fully saturated rings. The highest BCUT2D eigenvalue weighted by Gasteiger charge is 2.19. The zero-order chi connectivity index (χ0) is 45.8. The average molecular weight is 873 g/mol. The minimum absolute atomic E-state index is 0.108. The zero-order valence-electron chi connectivity index (χ0n) is 40.5. The Morgan fingerprint density at radius 2 is 0.619 bits per heavy atom. The number of unbranched alkanes of at least 4 members (excludes halogenated alkanes) is 15. The van der Waals surface area contributed by atoms with Crippen LogP contribution in [-0.2, 0) is 28.6 Å². The van der Waals surface area contributed by atoms with Gasteiger partial charge in [-0.2, -0.15) is 0 Å². The lowest BCUT2D eigenvalue weighted by atomic mass is 10.1. The maximum atomic E-state index is 12.8. The van der Waals surface area contributed by atoms with Crippen LogP contribution in [0.2, 0.25) is 0 Å². The summed E-state index contributed by atoms with van der Waals surface area (Å²) < 4.78 is 16.7. The standard InChI is InChI=1S/C57H92O6/c1-4-7-10-13-16-19-22-25-28-31-34-37-40-43-46-49-55(58)61-52-54(63-57(60)51-48-45-42-39-36-33-30-27-24-21-18-15-12-9-6-3)53-62-56(59)50-47-44-41-38-35-32-29-26-23-20-17-14-11-8-5-2/h7,9-10,12,16-21,25-30,34,37,54H,4-6,8,11,13-15,22-24,31-33,35-36,38-53H2,1-3H3/b10-7-,12-9-,19-16-,20-17-,21-18-,28-25-,29-26-,30-27-,37-34-/t54-/m0/s1. The van der Waals surface area contributed by atoms with Gasteiger partial charge in [-0.1, -0.05) is 182 Å². The minimum atomic E-state index is -0.811. The quantitative estimate of drug-likeness (QED) is 0.0263. The molecule has 1 atom stereocenters. The number of esters is 3. The minimum Gasteiger partial charge on any atom is -0.462 e. The normalized spacial score (nSPS) is 13.0. The predicted octanol–water partition coefficient (Wildman–Crippen LogP) is 16.8. The third-order valence-corrected chi connectivity index (χ3v) is 10.2. The van der Waals surface area contributed by atoms with Gasteiger partial charge in [0, 0.05) is 19.3 Å². The van der Waals surface area contributed by atoms with Crippen molar-refractivity contribution < 1.29 is 28.6 Å². The van der Waals surface area contributed by atoms with Crippen molar-refractivity contribution >= 4 is 17.9 Å². The largest absolute Gasteiger partial charge is 0.462 e. The van der Waals surface area contributed by atoms with E-state index in [1.54, 1.807) is 0 Å². The third kappa shape index (κ3) is 49.0. The molecule has 0 N–H and O–H groups in total. The highest BCUT2D eigenvalue weighted by Crippen LogP contribution is 2.12. The van der Waals surface area contributed by atoms with E-state index in [-0.39, 0.29) is 31.1 Å². The molecule has 0 aliphatic heterocycles. The average Bonchev–Trinajstić information content (AvgIpc) is 3.28. The Balaban J connectivity index is 4.53. The first kappa shape index (κ1) is 59.1. The fourth-order valence-corrected chi connectivity index (χ4v) is 6.48. The van der Waals surface area contributed by atoms with Crippen molar-refractivity contribution in [1.29, 1.82) is 0 Å². The van der Waals surface area contributed by atoms with E-state index in [9.17, 15) is 14.4 Å². The molecule has 0 bridgehead atoms. The van der Waals surface area contributed by atoms with E-state index in [0.717, 1.165) is 141 Å². The van der Waals surface area contributed by atoms with Crippen molar-refractivity contribution in [2.24, 2.45) is 0 Å². The smallest absolute Gasteiger partial charge is 0.306 e. The monoisotopic (exact) mass is 873 g/mol. The van der Waals surface area contributed by atoms with Gasteiger partial charge in [-0.3, -0.25) is 14.4 Å². The summed E-state index contributed by atoms with van der Waals surface area (Å²) in [7, 11) is 0. The third-order valence-electron chi connectivity index (χ3n) is 10.2. The summed E-state index contributed by atoms with van der Waals surface area (Å²) >= 11 is 0. The lowest BCUT2D eigenvalue weighted by Gasteiger charge is -2.18. The molecule has 0 saturated heterocycles. The summed E-state index contributed by atoms with van der Waals surface area (Å²) in [6.07, 6.45) is 67.8. The first-order chi connectivity index (χ1) is 31.0. The van der Waals surface area contributed by atoms with Gasteiger partial charge < -0.3 is 14.2 Å². The Labute approximate surface area is 387 Å². The van der Waals surface area contributed by atoms with Gasteiger partial charge in [0.2, 0.25) is 0 Å². The number of hydrogen-bond donors (Lipinski definition) is 0. The van der Waals surface area contributed by atoms with Gasteiger partial charge in [-0.25, -0.2) is 0 Å². The highest BCUT2D eigenvalue weighted by molar-refractivity contribution is 5.71. The van der Waals surface area contributed by atoms with E-state index < -0.39 is 6.10 Å². The van der Waals surface area contributed by atoms with Crippen LogP contribution in [0.15, 0.2) is 109 Å². The van der Waals surface area contributed by atoms with Gasteiger partial charge in [0.05, 0.1) is 0 Å². The van der Waals surface area contributed by atoms with Gasteiger partial charge in [-0.05, 0) is 122 Å². The molecule has 0 radical (unpaired) electrons. The van der Waals surface area contributed by atoms with Crippen LogP contribution in [0.5, 0.6) is 0 Å². The maximum Gasteiger partial charge on any atom is 0.306 e. The Bertz CT molecular complexity index is 1330. The van der Waals surface area contributed by atoms with Gasteiger partial charge >= 0.3 is 17.9 Å². The van der Waals surface area contributed by atoms with E-state index in [4.69, 9.17) is 14.2 Å². The first-order valence-electron chi connectivity index (χ1n) is 25.4. The molecular formula is C57H92O6. The fourth-order valence-electron chi connectivity index (χ4n) is 6.48. The molecule has 0 saturated carbocycles. The number of ether oxygens (including phenoxy) is 3. The van der Waals surface area contributed by atoms with Crippen LogP contribution in [0.25, 0.3) is 0 Å². The van der Waals surface area contributed by atoms with E-state index in [0.29, 0.717) is 25.7 Å². The summed E-state index contributed by atoms with van der Waals surface area (Å²) in [5, 5.41) is 0. The molecule has 6 nitrogen and oxygen atoms in total. The Morgan fingerprint density at radius 1 is 0.333 bits per heavy atom. The van der Waals surface area contributed by atoms with Crippen LogP contribution in [0.4, 0.5) is 0 Å². The van der Waals surface area contributed by atoms with E-state index in [1.807, 2.05) is 0 Å². The molecule has 0 aliphatic carbocycles. The number of carbonyl (C=O) groups is 3. The molecule has 0 rings (SSSR count). The highest BCUT2D eigenvalue weighted by atomic mass is 16.6. The number of allylic oxidation sites excluding steroid dienone is 18.